The Morgan fingerprint density at radius 1 is 1.13 bits per heavy atom. The van der Waals surface area contributed by atoms with Crippen LogP contribution >= 0.6 is 0 Å². The third-order valence-electron chi connectivity index (χ3n) is 2.61. The van der Waals surface area contributed by atoms with Crippen LogP contribution in [0.2, 0.25) is 0 Å². The highest BCUT2D eigenvalue weighted by Gasteiger charge is 2.04. The molecular formula is C14H22O. The number of benzene rings is 1. The van der Waals surface area contributed by atoms with Gasteiger partial charge in [0.05, 0.1) is 12.7 Å². The van der Waals surface area contributed by atoms with Crippen molar-refractivity contribution < 1.29 is 4.74 Å². The van der Waals surface area contributed by atoms with Gasteiger partial charge >= 0.3 is 0 Å². The summed E-state index contributed by atoms with van der Waals surface area (Å²) in [6.07, 6.45) is 0.300. The Kier molecular flexibility index (Phi) is 4.34. The van der Waals surface area contributed by atoms with Gasteiger partial charge < -0.3 is 4.74 Å². The minimum Gasteiger partial charge on any atom is -0.374 e. The molecule has 0 aliphatic heterocycles. The van der Waals surface area contributed by atoms with Crippen molar-refractivity contribution in [2.75, 3.05) is 0 Å². The molecule has 0 bridgehead atoms. The topological polar surface area (TPSA) is 9.23 Å². The molecule has 1 nitrogen and oxygen atoms in total. The molecule has 15 heavy (non-hydrogen) atoms. The molecule has 0 atom stereocenters. The Morgan fingerprint density at radius 3 is 2.27 bits per heavy atom. The molecule has 0 unspecified atom stereocenters. The lowest BCUT2D eigenvalue weighted by Crippen LogP contribution is -2.03. The average molecular weight is 206 g/mol. The first-order valence-electron chi connectivity index (χ1n) is 5.71. The van der Waals surface area contributed by atoms with Crippen molar-refractivity contribution in [1.82, 2.24) is 0 Å². The zero-order valence-electron chi connectivity index (χ0n) is 10.5. The SMILES string of the molecule is Cc1cc(C(C)C)ccc1COC(C)C. The fraction of sp³-hybridized carbons (Fsp3) is 0.571. The van der Waals surface area contributed by atoms with Crippen molar-refractivity contribution in [3.8, 4) is 0 Å². The van der Waals surface area contributed by atoms with E-state index in [9.17, 15) is 0 Å². The van der Waals surface area contributed by atoms with E-state index in [0.29, 0.717) is 12.0 Å². The fourth-order valence-electron chi connectivity index (χ4n) is 1.50. The molecule has 0 fully saturated rings. The van der Waals surface area contributed by atoms with Crippen LogP contribution in [0.15, 0.2) is 18.2 Å². The third-order valence-corrected chi connectivity index (χ3v) is 2.61. The van der Waals surface area contributed by atoms with Crippen LogP contribution in [0.3, 0.4) is 0 Å². The maximum atomic E-state index is 5.61. The minimum atomic E-state index is 0.300. The lowest BCUT2D eigenvalue weighted by Gasteiger charge is -2.12. The summed E-state index contributed by atoms with van der Waals surface area (Å²) in [5.41, 5.74) is 4.04. The van der Waals surface area contributed by atoms with E-state index >= 15 is 0 Å². The van der Waals surface area contributed by atoms with E-state index in [1.54, 1.807) is 0 Å². The van der Waals surface area contributed by atoms with Crippen LogP contribution < -0.4 is 0 Å². The molecule has 0 amide bonds. The highest BCUT2D eigenvalue weighted by Crippen LogP contribution is 2.19. The van der Waals surface area contributed by atoms with Gasteiger partial charge in [-0.15, -0.1) is 0 Å². The number of ether oxygens (including phenoxy) is 1. The van der Waals surface area contributed by atoms with Gasteiger partial charge in [0.25, 0.3) is 0 Å². The van der Waals surface area contributed by atoms with E-state index in [-0.39, 0.29) is 0 Å². The second-order valence-electron chi connectivity index (χ2n) is 4.70. The molecule has 0 aromatic heterocycles. The van der Waals surface area contributed by atoms with E-state index in [4.69, 9.17) is 4.74 Å². The summed E-state index contributed by atoms with van der Waals surface area (Å²) in [5, 5.41) is 0. The molecule has 0 aliphatic carbocycles. The van der Waals surface area contributed by atoms with Crippen LogP contribution in [0, 0.1) is 6.92 Å². The number of hydrogen-bond acceptors (Lipinski definition) is 1. The first kappa shape index (κ1) is 12.3. The summed E-state index contributed by atoms with van der Waals surface area (Å²) in [6, 6.07) is 6.66. The molecule has 1 rings (SSSR count). The van der Waals surface area contributed by atoms with Gasteiger partial charge in [-0.25, -0.2) is 0 Å². The normalized spacial score (nSPS) is 11.4. The first-order chi connectivity index (χ1) is 7.00. The Bertz CT molecular complexity index is 313. The van der Waals surface area contributed by atoms with Crippen molar-refractivity contribution in [3.05, 3.63) is 34.9 Å². The molecule has 0 saturated heterocycles. The van der Waals surface area contributed by atoms with E-state index in [1.165, 1.54) is 16.7 Å². The maximum Gasteiger partial charge on any atom is 0.0722 e. The van der Waals surface area contributed by atoms with Gasteiger partial charge in [0, 0.05) is 0 Å². The van der Waals surface area contributed by atoms with Crippen LogP contribution in [-0.2, 0) is 11.3 Å². The van der Waals surface area contributed by atoms with Crippen LogP contribution in [0.1, 0.15) is 50.3 Å². The average Bonchev–Trinajstić information content (AvgIpc) is 2.15. The van der Waals surface area contributed by atoms with Gasteiger partial charge in [0.2, 0.25) is 0 Å². The maximum absolute atomic E-state index is 5.61. The van der Waals surface area contributed by atoms with Gasteiger partial charge in [0.1, 0.15) is 0 Å². The largest absolute Gasteiger partial charge is 0.374 e. The van der Waals surface area contributed by atoms with Crippen molar-refractivity contribution in [2.45, 2.75) is 53.2 Å². The molecule has 84 valence electrons. The van der Waals surface area contributed by atoms with Crippen LogP contribution in [-0.4, -0.2) is 6.10 Å². The van der Waals surface area contributed by atoms with Gasteiger partial charge in [-0.1, -0.05) is 32.0 Å². The predicted octanol–water partition coefficient (Wildman–Crippen LogP) is 4.04. The lowest BCUT2D eigenvalue weighted by atomic mass is 9.98. The highest BCUT2D eigenvalue weighted by molar-refractivity contribution is 5.32. The summed E-state index contributed by atoms with van der Waals surface area (Å²) < 4.78 is 5.61. The van der Waals surface area contributed by atoms with E-state index in [0.717, 1.165) is 6.61 Å². The zero-order chi connectivity index (χ0) is 11.4. The summed E-state index contributed by atoms with van der Waals surface area (Å²) >= 11 is 0. The molecule has 0 spiro atoms. The third kappa shape index (κ3) is 3.67. The number of rotatable bonds is 4. The predicted molar refractivity (Wildman–Crippen MR) is 65.2 cm³/mol. The smallest absolute Gasteiger partial charge is 0.0722 e. The Balaban J connectivity index is 2.75. The van der Waals surface area contributed by atoms with E-state index in [2.05, 4.69) is 52.8 Å². The molecule has 0 heterocycles. The zero-order valence-corrected chi connectivity index (χ0v) is 10.5. The number of aryl methyl sites for hydroxylation is 1. The molecule has 1 aromatic rings. The molecule has 1 aromatic carbocycles. The summed E-state index contributed by atoms with van der Waals surface area (Å²) in [4.78, 5) is 0. The lowest BCUT2D eigenvalue weighted by molar-refractivity contribution is 0.0654. The second kappa shape index (κ2) is 5.32. The van der Waals surface area contributed by atoms with Crippen molar-refractivity contribution in [2.24, 2.45) is 0 Å². The van der Waals surface area contributed by atoms with Gasteiger partial charge in [-0.05, 0) is 43.4 Å². The van der Waals surface area contributed by atoms with Crippen molar-refractivity contribution in [1.29, 1.82) is 0 Å². The van der Waals surface area contributed by atoms with Gasteiger partial charge in [0.15, 0.2) is 0 Å². The van der Waals surface area contributed by atoms with Gasteiger partial charge in [-0.2, -0.15) is 0 Å². The monoisotopic (exact) mass is 206 g/mol. The van der Waals surface area contributed by atoms with E-state index < -0.39 is 0 Å². The summed E-state index contributed by atoms with van der Waals surface area (Å²) in [6.45, 7) is 11.5. The molecule has 0 radical (unpaired) electrons. The van der Waals surface area contributed by atoms with E-state index in [1.807, 2.05) is 0 Å². The Hall–Kier alpha value is -0.820. The summed E-state index contributed by atoms with van der Waals surface area (Å²) in [7, 11) is 0. The van der Waals surface area contributed by atoms with Crippen LogP contribution in [0.25, 0.3) is 0 Å². The minimum absolute atomic E-state index is 0.300. The first-order valence-corrected chi connectivity index (χ1v) is 5.71. The molecule has 0 saturated carbocycles. The Labute approximate surface area is 93.5 Å². The van der Waals surface area contributed by atoms with Crippen LogP contribution in [0.5, 0.6) is 0 Å². The fourth-order valence-corrected chi connectivity index (χ4v) is 1.50. The highest BCUT2D eigenvalue weighted by atomic mass is 16.5. The second-order valence-corrected chi connectivity index (χ2v) is 4.70. The summed E-state index contributed by atoms with van der Waals surface area (Å²) in [5.74, 6) is 0.601. The quantitative estimate of drug-likeness (QED) is 0.722. The standard InChI is InChI=1S/C14H22O/c1-10(2)13-6-7-14(12(5)8-13)9-15-11(3)4/h6-8,10-11H,9H2,1-5H3. The molecular weight excluding hydrogens is 184 g/mol. The molecule has 1 heteroatoms. The molecule has 0 aliphatic rings. The number of hydrogen-bond donors (Lipinski definition) is 0. The van der Waals surface area contributed by atoms with Crippen LogP contribution in [0.4, 0.5) is 0 Å². The van der Waals surface area contributed by atoms with Crippen molar-refractivity contribution >= 4 is 0 Å². The van der Waals surface area contributed by atoms with Crippen molar-refractivity contribution in [3.63, 3.8) is 0 Å². The molecule has 0 N–H and O–H groups in total. The Morgan fingerprint density at radius 2 is 1.80 bits per heavy atom. The van der Waals surface area contributed by atoms with Gasteiger partial charge in [-0.3, -0.25) is 0 Å².